The molecule has 3 nitrogen and oxygen atoms in total. The van der Waals surface area contributed by atoms with Crippen molar-refractivity contribution in [2.75, 3.05) is 5.32 Å². The number of amides is 1. The summed E-state index contributed by atoms with van der Waals surface area (Å²) in [7, 11) is 0. The molecule has 1 aromatic carbocycles. The molecule has 1 amide bonds. The lowest BCUT2D eigenvalue weighted by Gasteiger charge is -2.11. The van der Waals surface area contributed by atoms with Crippen LogP contribution in [-0.4, -0.2) is 11.0 Å². The zero-order valence-electron chi connectivity index (χ0n) is 10.1. The van der Waals surface area contributed by atoms with Crippen molar-refractivity contribution in [1.29, 1.82) is 0 Å². The molecule has 18 heavy (non-hydrogen) atoms. The molecule has 94 valence electrons. The molecule has 2 aromatic rings. The summed E-state index contributed by atoms with van der Waals surface area (Å²) >= 11 is 1.58. The van der Waals surface area contributed by atoms with Crippen LogP contribution in [0, 0.1) is 0 Å². The minimum absolute atomic E-state index is 0.0240. The highest BCUT2D eigenvalue weighted by molar-refractivity contribution is 7.08. The lowest BCUT2D eigenvalue weighted by Crippen LogP contribution is -2.18. The summed E-state index contributed by atoms with van der Waals surface area (Å²) < 4.78 is 0. The van der Waals surface area contributed by atoms with Gasteiger partial charge in [0.05, 0.1) is 12.5 Å². The smallest absolute Gasteiger partial charge is 0.231 e. The van der Waals surface area contributed by atoms with Crippen LogP contribution in [0.3, 0.4) is 0 Å². The number of hydrogen-bond acceptors (Lipinski definition) is 3. The van der Waals surface area contributed by atoms with Crippen molar-refractivity contribution in [3.63, 3.8) is 0 Å². The summed E-state index contributed by atoms with van der Waals surface area (Å²) in [6, 6.07) is 9.18. The maximum absolute atomic E-state index is 12.0. The summed E-state index contributed by atoms with van der Waals surface area (Å²) in [4.78, 5) is 12.0. The van der Waals surface area contributed by atoms with Crippen LogP contribution in [0.1, 0.15) is 24.0 Å². The molecule has 2 rings (SSSR count). The van der Waals surface area contributed by atoms with E-state index in [0.29, 0.717) is 5.69 Å². The van der Waals surface area contributed by atoms with Crippen LogP contribution in [0.4, 0.5) is 5.69 Å². The Balaban J connectivity index is 2.06. The van der Waals surface area contributed by atoms with Crippen molar-refractivity contribution in [3.8, 4) is 0 Å². The van der Waals surface area contributed by atoms with E-state index in [1.807, 2.05) is 41.9 Å². The standard InChI is InChI=1S/C14H15NO2S/c1-10(12-5-6-18-9-12)14(17)15-13-4-2-3-11(7-13)8-16/h2-7,9-10,16H,8H2,1H3,(H,15,17). The number of hydrogen-bond donors (Lipinski definition) is 2. The zero-order chi connectivity index (χ0) is 13.0. The van der Waals surface area contributed by atoms with Crippen LogP contribution in [0.5, 0.6) is 0 Å². The highest BCUT2D eigenvalue weighted by atomic mass is 32.1. The molecule has 1 aromatic heterocycles. The molecule has 0 saturated heterocycles. The van der Waals surface area contributed by atoms with E-state index in [0.717, 1.165) is 11.1 Å². The van der Waals surface area contributed by atoms with E-state index in [1.54, 1.807) is 17.4 Å². The summed E-state index contributed by atoms with van der Waals surface area (Å²) in [5.74, 6) is -0.211. The molecule has 0 saturated carbocycles. The first-order valence-corrected chi connectivity index (χ1v) is 6.67. The third-order valence-electron chi connectivity index (χ3n) is 2.81. The number of carbonyl (C=O) groups excluding carboxylic acids is 1. The van der Waals surface area contributed by atoms with Crippen molar-refractivity contribution in [2.45, 2.75) is 19.4 Å². The molecule has 1 unspecified atom stereocenters. The van der Waals surface area contributed by atoms with Crippen LogP contribution in [0.2, 0.25) is 0 Å². The van der Waals surface area contributed by atoms with Crippen LogP contribution >= 0.6 is 11.3 Å². The fraction of sp³-hybridized carbons (Fsp3) is 0.214. The van der Waals surface area contributed by atoms with Crippen LogP contribution in [-0.2, 0) is 11.4 Å². The third kappa shape index (κ3) is 2.97. The Kier molecular flexibility index (Phi) is 4.12. The first kappa shape index (κ1) is 12.8. The number of rotatable bonds is 4. The second-order valence-electron chi connectivity index (χ2n) is 4.13. The lowest BCUT2D eigenvalue weighted by molar-refractivity contribution is -0.117. The van der Waals surface area contributed by atoms with Gasteiger partial charge in [-0.2, -0.15) is 11.3 Å². The molecule has 0 bridgehead atoms. The lowest BCUT2D eigenvalue weighted by atomic mass is 10.0. The quantitative estimate of drug-likeness (QED) is 0.889. The van der Waals surface area contributed by atoms with E-state index in [9.17, 15) is 4.79 Å². The molecule has 0 aliphatic carbocycles. The fourth-order valence-electron chi connectivity index (χ4n) is 1.67. The maximum atomic E-state index is 12.0. The van der Waals surface area contributed by atoms with Crippen molar-refractivity contribution in [3.05, 3.63) is 52.2 Å². The second-order valence-corrected chi connectivity index (χ2v) is 4.91. The van der Waals surface area contributed by atoms with Crippen molar-refractivity contribution < 1.29 is 9.90 Å². The normalized spacial score (nSPS) is 12.1. The molecule has 0 spiro atoms. The Morgan fingerprint density at radius 3 is 2.94 bits per heavy atom. The third-order valence-corrected chi connectivity index (χ3v) is 3.52. The van der Waals surface area contributed by atoms with E-state index < -0.39 is 0 Å². The summed E-state index contributed by atoms with van der Waals surface area (Å²) in [5.41, 5.74) is 2.53. The van der Waals surface area contributed by atoms with Gasteiger partial charge < -0.3 is 10.4 Å². The van der Waals surface area contributed by atoms with Gasteiger partial charge in [-0.05, 0) is 47.0 Å². The molecular formula is C14H15NO2S. The van der Waals surface area contributed by atoms with Gasteiger partial charge in [0.15, 0.2) is 0 Å². The molecule has 2 N–H and O–H groups in total. The van der Waals surface area contributed by atoms with Crippen molar-refractivity contribution >= 4 is 22.9 Å². The van der Waals surface area contributed by atoms with E-state index >= 15 is 0 Å². The predicted molar refractivity (Wildman–Crippen MR) is 73.7 cm³/mol. The molecule has 0 radical (unpaired) electrons. The maximum Gasteiger partial charge on any atom is 0.231 e. The molecule has 0 aliphatic rings. The van der Waals surface area contributed by atoms with Gasteiger partial charge in [-0.25, -0.2) is 0 Å². The number of thiophene rings is 1. The van der Waals surface area contributed by atoms with Crippen molar-refractivity contribution in [1.82, 2.24) is 0 Å². The van der Waals surface area contributed by atoms with Crippen LogP contribution < -0.4 is 5.32 Å². The van der Waals surface area contributed by atoms with E-state index in [2.05, 4.69) is 5.32 Å². The van der Waals surface area contributed by atoms with Crippen LogP contribution in [0.15, 0.2) is 41.1 Å². The molecule has 4 heteroatoms. The number of nitrogens with one attached hydrogen (secondary N) is 1. The van der Waals surface area contributed by atoms with E-state index in [-0.39, 0.29) is 18.4 Å². The highest BCUT2D eigenvalue weighted by Gasteiger charge is 2.15. The topological polar surface area (TPSA) is 49.3 Å². The van der Waals surface area contributed by atoms with Gasteiger partial charge in [0.2, 0.25) is 5.91 Å². The van der Waals surface area contributed by atoms with Gasteiger partial charge in [-0.1, -0.05) is 12.1 Å². The second kappa shape index (κ2) is 5.80. The number of aliphatic hydroxyl groups excluding tert-OH is 1. The largest absolute Gasteiger partial charge is 0.392 e. The Hall–Kier alpha value is -1.65. The minimum atomic E-state index is -0.172. The number of carbonyl (C=O) groups is 1. The van der Waals surface area contributed by atoms with Gasteiger partial charge in [0.25, 0.3) is 0 Å². The average Bonchev–Trinajstić information content (AvgIpc) is 2.92. The molecular weight excluding hydrogens is 246 g/mol. The number of aliphatic hydroxyl groups is 1. The molecule has 1 atom stereocenters. The minimum Gasteiger partial charge on any atom is -0.392 e. The molecule has 1 heterocycles. The summed E-state index contributed by atoms with van der Waals surface area (Å²) in [5, 5.41) is 15.8. The van der Waals surface area contributed by atoms with Crippen molar-refractivity contribution in [2.24, 2.45) is 0 Å². The summed E-state index contributed by atoms with van der Waals surface area (Å²) in [6.45, 7) is 1.86. The fourth-order valence-corrected chi connectivity index (χ4v) is 2.42. The summed E-state index contributed by atoms with van der Waals surface area (Å²) in [6.07, 6.45) is 0. The van der Waals surface area contributed by atoms with Gasteiger partial charge in [0.1, 0.15) is 0 Å². The highest BCUT2D eigenvalue weighted by Crippen LogP contribution is 2.20. The monoisotopic (exact) mass is 261 g/mol. The van der Waals surface area contributed by atoms with E-state index in [1.165, 1.54) is 0 Å². The molecule has 0 aliphatic heterocycles. The Bertz CT molecular complexity index is 522. The Labute approximate surface area is 110 Å². The van der Waals surface area contributed by atoms with Gasteiger partial charge in [0, 0.05) is 5.69 Å². The Morgan fingerprint density at radius 1 is 1.44 bits per heavy atom. The molecule has 0 fully saturated rings. The van der Waals surface area contributed by atoms with Gasteiger partial charge >= 0.3 is 0 Å². The Morgan fingerprint density at radius 2 is 2.28 bits per heavy atom. The first-order chi connectivity index (χ1) is 8.70. The zero-order valence-corrected chi connectivity index (χ0v) is 10.9. The van der Waals surface area contributed by atoms with E-state index in [4.69, 9.17) is 5.11 Å². The van der Waals surface area contributed by atoms with Gasteiger partial charge in [-0.3, -0.25) is 4.79 Å². The number of benzene rings is 1. The van der Waals surface area contributed by atoms with Gasteiger partial charge in [-0.15, -0.1) is 0 Å². The average molecular weight is 261 g/mol. The first-order valence-electron chi connectivity index (χ1n) is 5.73. The number of anilines is 1. The SMILES string of the molecule is CC(C(=O)Nc1cccc(CO)c1)c1ccsc1. The van der Waals surface area contributed by atoms with Crippen LogP contribution in [0.25, 0.3) is 0 Å². The predicted octanol–water partition coefficient (Wildman–Crippen LogP) is 2.98.